The van der Waals surface area contributed by atoms with Crippen molar-refractivity contribution in [3.8, 4) is 5.75 Å². The lowest BCUT2D eigenvalue weighted by molar-refractivity contribution is -0.0457. The SMILES string of the molecule is COc1c(F)cccc1C1OCCO1. The maximum atomic E-state index is 13.3. The summed E-state index contributed by atoms with van der Waals surface area (Å²) < 4.78 is 28.8. The summed E-state index contributed by atoms with van der Waals surface area (Å²) in [7, 11) is 1.43. The lowest BCUT2D eigenvalue weighted by atomic mass is 10.2. The van der Waals surface area contributed by atoms with Gasteiger partial charge in [0.2, 0.25) is 0 Å². The first-order valence-corrected chi connectivity index (χ1v) is 4.38. The van der Waals surface area contributed by atoms with Gasteiger partial charge in [0.25, 0.3) is 0 Å². The van der Waals surface area contributed by atoms with E-state index in [2.05, 4.69) is 0 Å². The van der Waals surface area contributed by atoms with E-state index in [9.17, 15) is 4.39 Å². The normalized spacial score (nSPS) is 17.3. The van der Waals surface area contributed by atoms with Crippen LogP contribution in [0.25, 0.3) is 0 Å². The molecule has 0 aromatic heterocycles. The first-order valence-electron chi connectivity index (χ1n) is 4.38. The summed E-state index contributed by atoms with van der Waals surface area (Å²) in [5.74, 6) is -0.205. The molecule has 1 aliphatic heterocycles. The Morgan fingerprint density at radius 2 is 2.07 bits per heavy atom. The summed E-state index contributed by atoms with van der Waals surface area (Å²) >= 11 is 0. The van der Waals surface area contributed by atoms with E-state index in [0.29, 0.717) is 18.8 Å². The van der Waals surface area contributed by atoms with Gasteiger partial charge in [-0.25, -0.2) is 4.39 Å². The zero-order valence-corrected chi connectivity index (χ0v) is 7.83. The maximum absolute atomic E-state index is 13.3. The van der Waals surface area contributed by atoms with Crippen molar-refractivity contribution < 1.29 is 18.6 Å². The molecule has 0 N–H and O–H groups in total. The number of benzene rings is 1. The van der Waals surface area contributed by atoms with E-state index >= 15 is 0 Å². The molecule has 4 heteroatoms. The number of rotatable bonds is 2. The van der Waals surface area contributed by atoms with Crippen LogP contribution in [-0.4, -0.2) is 20.3 Å². The average molecular weight is 198 g/mol. The van der Waals surface area contributed by atoms with Crippen LogP contribution in [0.1, 0.15) is 11.9 Å². The molecule has 1 saturated heterocycles. The summed E-state index contributed by atoms with van der Waals surface area (Å²) in [6, 6.07) is 4.69. The Hall–Kier alpha value is -1.13. The Morgan fingerprint density at radius 3 is 2.71 bits per heavy atom. The first kappa shape index (κ1) is 9.43. The van der Waals surface area contributed by atoms with Crippen LogP contribution in [0.3, 0.4) is 0 Å². The van der Waals surface area contributed by atoms with Crippen LogP contribution in [0.5, 0.6) is 5.75 Å². The molecule has 0 atom stereocenters. The summed E-state index contributed by atoms with van der Waals surface area (Å²) in [6.07, 6.45) is -0.499. The van der Waals surface area contributed by atoms with Gasteiger partial charge in [-0.3, -0.25) is 0 Å². The molecular formula is C10H11FO3. The fourth-order valence-electron chi connectivity index (χ4n) is 1.46. The highest BCUT2D eigenvalue weighted by Crippen LogP contribution is 2.32. The molecule has 1 heterocycles. The fourth-order valence-corrected chi connectivity index (χ4v) is 1.46. The monoisotopic (exact) mass is 198 g/mol. The van der Waals surface area contributed by atoms with Crippen LogP contribution in [0.4, 0.5) is 4.39 Å². The van der Waals surface area contributed by atoms with Gasteiger partial charge in [0.05, 0.1) is 25.9 Å². The highest BCUT2D eigenvalue weighted by atomic mass is 19.1. The van der Waals surface area contributed by atoms with Gasteiger partial charge in [0, 0.05) is 0 Å². The van der Waals surface area contributed by atoms with Gasteiger partial charge in [-0.05, 0) is 6.07 Å². The van der Waals surface area contributed by atoms with Gasteiger partial charge in [-0.1, -0.05) is 12.1 Å². The Kier molecular flexibility index (Phi) is 2.65. The highest BCUT2D eigenvalue weighted by molar-refractivity contribution is 5.36. The molecule has 1 aromatic carbocycles. The molecule has 0 aliphatic carbocycles. The minimum absolute atomic E-state index is 0.194. The summed E-state index contributed by atoms with van der Waals surface area (Å²) in [4.78, 5) is 0. The minimum atomic E-state index is -0.499. The third-order valence-corrected chi connectivity index (χ3v) is 2.08. The Bertz CT molecular complexity index is 321. The third kappa shape index (κ3) is 1.58. The second kappa shape index (κ2) is 3.94. The van der Waals surface area contributed by atoms with Crippen molar-refractivity contribution in [2.45, 2.75) is 6.29 Å². The van der Waals surface area contributed by atoms with E-state index in [1.54, 1.807) is 12.1 Å². The second-order valence-electron chi connectivity index (χ2n) is 2.94. The van der Waals surface area contributed by atoms with Crippen molar-refractivity contribution in [1.82, 2.24) is 0 Å². The van der Waals surface area contributed by atoms with Crippen LogP contribution in [0, 0.1) is 5.82 Å². The molecule has 1 aliphatic rings. The molecule has 76 valence electrons. The topological polar surface area (TPSA) is 27.7 Å². The fraction of sp³-hybridized carbons (Fsp3) is 0.400. The molecule has 2 rings (SSSR count). The summed E-state index contributed by atoms with van der Waals surface area (Å²) in [6.45, 7) is 1.06. The predicted molar refractivity (Wildman–Crippen MR) is 47.6 cm³/mol. The molecule has 1 aromatic rings. The molecule has 0 unspecified atom stereocenters. The number of halogens is 1. The summed E-state index contributed by atoms with van der Waals surface area (Å²) in [5, 5.41) is 0. The van der Waals surface area contributed by atoms with E-state index in [-0.39, 0.29) is 5.75 Å². The molecule has 14 heavy (non-hydrogen) atoms. The van der Waals surface area contributed by atoms with Crippen molar-refractivity contribution in [2.24, 2.45) is 0 Å². The van der Waals surface area contributed by atoms with Gasteiger partial charge in [0.1, 0.15) is 0 Å². The van der Waals surface area contributed by atoms with Crippen molar-refractivity contribution >= 4 is 0 Å². The molecule has 3 nitrogen and oxygen atoms in total. The van der Waals surface area contributed by atoms with Gasteiger partial charge in [-0.2, -0.15) is 0 Å². The van der Waals surface area contributed by atoms with E-state index in [0.717, 1.165) is 0 Å². The quantitative estimate of drug-likeness (QED) is 0.726. The van der Waals surface area contributed by atoms with Crippen molar-refractivity contribution in [3.63, 3.8) is 0 Å². The predicted octanol–water partition coefficient (Wildman–Crippen LogP) is 1.88. The molecule has 0 radical (unpaired) electrons. The van der Waals surface area contributed by atoms with E-state index in [1.165, 1.54) is 13.2 Å². The van der Waals surface area contributed by atoms with Crippen molar-refractivity contribution in [3.05, 3.63) is 29.6 Å². The van der Waals surface area contributed by atoms with Crippen LogP contribution in [-0.2, 0) is 9.47 Å². The Labute approximate surface area is 81.4 Å². The lowest BCUT2D eigenvalue weighted by Crippen LogP contribution is -2.02. The minimum Gasteiger partial charge on any atom is -0.493 e. The van der Waals surface area contributed by atoms with Gasteiger partial charge < -0.3 is 14.2 Å². The maximum Gasteiger partial charge on any atom is 0.187 e. The third-order valence-electron chi connectivity index (χ3n) is 2.08. The number of ether oxygens (including phenoxy) is 3. The molecule has 0 bridgehead atoms. The van der Waals surface area contributed by atoms with E-state index in [4.69, 9.17) is 14.2 Å². The number of methoxy groups -OCH3 is 1. The largest absolute Gasteiger partial charge is 0.493 e. The number of hydrogen-bond acceptors (Lipinski definition) is 3. The molecule has 1 fully saturated rings. The molecule has 0 saturated carbocycles. The van der Waals surface area contributed by atoms with E-state index in [1.807, 2.05) is 0 Å². The standard InChI is InChI=1S/C10H11FO3/c1-12-9-7(3-2-4-8(9)11)10-13-5-6-14-10/h2-4,10H,5-6H2,1H3. The second-order valence-corrected chi connectivity index (χ2v) is 2.94. The van der Waals surface area contributed by atoms with Gasteiger partial charge in [-0.15, -0.1) is 0 Å². The summed E-state index contributed by atoms with van der Waals surface area (Å²) in [5.41, 5.74) is 0.602. The van der Waals surface area contributed by atoms with Crippen LogP contribution < -0.4 is 4.74 Å². The van der Waals surface area contributed by atoms with Gasteiger partial charge >= 0.3 is 0 Å². The smallest absolute Gasteiger partial charge is 0.187 e. The van der Waals surface area contributed by atoms with Crippen LogP contribution in [0.2, 0.25) is 0 Å². The number of para-hydroxylation sites is 1. The van der Waals surface area contributed by atoms with Crippen LogP contribution in [0.15, 0.2) is 18.2 Å². The first-order chi connectivity index (χ1) is 6.83. The van der Waals surface area contributed by atoms with Crippen molar-refractivity contribution in [2.75, 3.05) is 20.3 Å². The van der Waals surface area contributed by atoms with Crippen molar-refractivity contribution in [1.29, 1.82) is 0 Å². The molecule has 0 amide bonds. The lowest BCUT2D eigenvalue weighted by Gasteiger charge is -2.13. The zero-order valence-electron chi connectivity index (χ0n) is 7.83. The highest BCUT2D eigenvalue weighted by Gasteiger charge is 2.23. The Morgan fingerprint density at radius 1 is 1.36 bits per heavy atom. The van der Waals surface area contributed by atoms with Gasteiger partial charge in [0.15, 0.2) is 17.9 Å². The van der Waals surface area contributed by atoms with Crippen LogP contribution >= 0.6 is 0 Å². The average Bonchev–Trinajstić information content (AvgIpc) is 2.70. The number of hydrogen-bond donors (Lipinski definition) is 0. The zero-order chi connectivity index (χ0) is 9.97. The molecular weight excluding hydrogens is 187 g/mol. The van der Waals surface area contributed by atoms with E-state index < -0.39 is 12.1 Å². The molecule has 0 spiro atoms. The Balaban J connectivity index is 2.35.